The Morgan fingerprint density at radius 3 is 3.00 bits per heavy atom. The van der Waals surface area contributed by atoms with Crippen LogP contribution in [0.4, 0.5) is 4.39 Å². The van der Waals surface area contributed by atoms with Gasteiger partial charge in [-0.25, -0.2) is 4.39 Å². The Bertz CT molecular complexity index is 556. The molecular weight excluding hydrogens is 313 g/mol. The molecule has 3 rings (SSSR count). The first kappa shape index (κ1) is 16.7. The lowest BCUT2D eigenvalue weighted by Crippen LogP contribution is -2.64. The van der Waals surface area contributed by atoms with Crippen LogP contribution in [0.1, 0.15) is 25.3 Å². The lowest BCUT2D eigenvalue weighted by molar-refractivity contribution is -0.130. The van der Waals surface area contributed by atoms with Crippen LogP contribution in [0.2, 0.25) is 0 Å². The third-order valence-electron chi connectivity index (χ3n) is 4.58. The number of nitrogens with zero attached hydrogens (tertiary/aromatic N) is 1. The molecule has 23 heavy (non-hydrogen) atoms. The third kappa shape index (κ3) is 4.05. The van der Waals surface area contributed by atoms with Crippen LogP contribution in [0.15, 0.2) is 24.3 Å². The highest BCUT2D eigenvalue weighted by Crippen LogP contribution is 2.25. The van der Waals surface area contributed by atoms with E-state index < -0.39 is 0 Å². The largest absolute Gasteiger partial charge is 0.331 e. The molecule has 3 atom stereocenters. The van der Waals surface area contributed by atoms with Gasteiger partial charge in [-0.05, 0) is 37.6 Å². The first-order valence-corrected chi connectivity index (χ1v) is 9.36. The predicted octanol–water partition coefficient (Wildman–Crippen LogP) is 2.16. The molecule has 0 aliphatic carbocycles. The van der Waals surface area contributed by atoms with Gasteiger partial charge >= 0.3 is 0 Å². The number of likely N-dealkylation sites (tertiary alicyclic amines) is 1. The van der Waals surface area contributed by atoms with E-state index in [0.717, 1.165) is 32.5 Å². The average Bonchev–Trinajstić information content (AvgIpc) is 2.55. The van der Waals surface area contributed by atoms with Crippen molar-refractivity contribution in [3.63, 3.8) is 0 Å². The molecule has 0 saturated carbocycles. The summed E-state index contributed by atoms with van der Waals surface area (Å²) in [5.74, 6) is 0.512. The Hall–Kier alpha value is -1.11. The van der Waals surface area contributed by atoms with Crippen molar-refractivity contribution in [3.05, 3.63) is 35.6 Å². The highest BCUT2D eigenvalue weighted by molar-refractivity contribution is 7.99. The number of hydrogen-bond donors (Lipinski definition) is 2. The number of fused-ring (bicyclic) bond motifs is 1. The monoisotopic (exact) mass is 337 g/mol. The molecule has 1 aromatic rings. The predicted molar refractivity (Wildman–Crippen MR) is 91.4 cm³/mol. The SMILES string of the molecule is CCCN1CCC2NC(SCc3ccccc3F)NC(=O)C2C1. The van der Waals surface area contributed by atoms with Crippen LogP contribution < -0.4 is 10.6 Å². The Morgan fingerprint density at radius 2 is 2.22 bits per heavy atom. The average molecular weight is 337 g/mol. The molecule has 0 radical (unpaired) electrons. The van der Waals surface area contributed by atoms with Crippen molar-refractivity contribution in [1.29, 1.82) is 0 Å². The standard InChI is InChI=1S/C17H24FN3OS/c1-2-8-21-9-7-15-13(10-21)16(22)20-17(19-15)23-11-12-5-3-4-6-14(12)18/h3-6,13,15,17,19H,2,7-11H2,1H3,(H,20,22). The summed E-state index contributed by atoms with van der Waals surface area (Å²) in [6.07, 6.45) is 2.11. The number of thioether (sulfide) groups is 1. The number of rotatable bonds is 5. The van der Waals surface area contributed by atoms with E-state index >= 15 is 0 Å². The number of carbonyl (C=O) groups excluding carboxylic acids is 1. The van der Waals surface area contributed by atoms with E-state index in [4.69, 9.17) is 0 Å². The number of hydrogen-bond acceptors (Lipinski definition) is 4. The smallest absolute Gasteiger partial charge is 0.227 e. The van der Waals surface area contributed by atoms with Gasteiger partial charge in [0.05, 0.1) is 5.92 Å². The quantitative estimate of drug-likeness (QED) is 0.864. The fourth-order valence-electron chi connectivity index (χ4n) is 3.35. The van der Waals surface area contributed by atoms with Crippen LogP contribution >= 0.6 is 11.8 Å². The Labute approximate surface area is 141 Å². The van der Waals surface area contributed by atoms with E-state index in [9.17, 15) is 9.18 Å². The van der Waals surface area contributed by atoms with Gasteiger partial charge in [-0.15, -0.1) is 11.8 Å². The molecule has 0 bridgehead atoms. The Morgan fingerprint density at radius 1 is 1.39 bits per heavy atom. The molecule has 3 unspecified atom stereocenters. The molecule has 1 amide bonds. The second-order valence-electron chi connectivity index (χ2n) is 6.26. The lowest BCUT2D eigenvalue weighted by Gasteiger charge is -2.43. The Kier molecular flexibility index (Phi) is 5.56. The highest BCUT2D eigenvalue weighted by atomic mass is 32.2. The number of halogens is 1. The minimum absolute atomic E-state index is 0.0283. The van der Waals surface area contributed by atoms with Crippen molar-refractivity contribution >= 4 is 17.7 Å². The summed E-state index contributed by atoms with van der Waals surface area (Å²) in [5, 5.41) is 6.55. The lowest BCUT2D eigenvalue weighted by atomic mass is 9.90. The van der Waals surface area contributed by atoms with Crippen molar-refractivity contribution in [3.8, 4) is 0 Å². The maximum Gasteiger partial charge on any atom is 0.227 e. The molecule has 4 nitrogen and oxygen atoms in total. The van der Waals surface area contributed by atoms with Gasteiger partial charge in [-0.2, -0.15) is 0 Å². The van der Waals surface area contributed by atoms with Gasteiger partial charge in [-0.3, -0.25) is 10.1 Å². The summed E-state index contributed by atoms with van der Waals surface area (Å²) in [4.78, 5) is 14.8. The zero-order valence-electron chi connectivity index (χ0n) is 13.4. The maximum absolute atomic E-state index is 13.7. The van der Waals surface area contributed by atoms with Crippen LogP contribution in [-0.4, -0.2) is 42.0 Å². The zero-order chi connectivity index (χ0) is 16.2. The first-order chi connectivity index (χ1) is 11.2. The van der Waals surface area contributed by atoms with Gasteiger partial charge in [0, 0.05) is 18.3 Å². The zero-order valence-corrected chi connectivity index (χ0v) is 14.2. The van der Waals surface area contributed by atoms with Crippen LogP contribution in [0.3, 0.4) is 0 Å². The molecule has 126 valence electrons. The van der Waals surface area contributed by atoms with E-state index in [1.165, 1.54) is 17.8 Å². The summed E-state index contributed by atoms with van der Waals surface area (Å²) >= 11 is 1.54. The third-order valence-corrected chi connectivity index (χ3v) is 5.64. The Balaban J connectivity index is 1.55. The fourth-order valence-corrected chi connectivity index (χ4v) is 4.41. The molecular formula is C17H24FN3OS. The molecule has 2 aliphatic heterocycles. The van der Waals surface area contributed by atoms with E-state index in [-0.39, 0.29) is 29.2 Å². The molecule has 0 aromatic heterocycles. The van der Waals surface area contributed by atoms with Crippen molar-refractivity contribution < 1.29 is 9.18 Å². The minimum Gasteiger partial charge on any atom is -0.331 e. The van der Waals surface area contributed by atoms with Crippen molar-refractivity contribution in [2.45, 2.75) is 37.1 Å². The van der Waals surface area contributed by atoms with E-state index in [1.807, 2.05) is 6.07 Å². The van der Waals surface area contributed by atoms with Crippen molar-refractivity contribution in [1.82, 2.24) is 15.5 Å². The van der Waals surface area contributed by atoms with E-state index in [1.54, 1.807) is 12.1 Å². The van der Waals surface area contributed by atoms with Gasteiger partial charge in [0.25, 0.3) is 0 Å². The number of piperidine rings is 1. The molecule has 2 aliphatic rings. The van der Waals surface area contributed by atoms with Gasteiger partial charge in [0.2, 0.25) is 5.91 Å². The maximum atomic E-state index is 13.7. The summed E-state index contributed by atoms with van der Waals surface area (Å²) in [6.45, 7) is 5.10. The summed E-state index contributed by atoms with van der Waals surface area (Å²) in [7, 11) is 0. The molecule has 2 N–H and O–H groups in total. The van der Waals surface area contributed by atoms with Gasteiger partial charge in [0.1, 0.15) is 11.3 Å². The van der Waals surface area contributed by atoms with Crippen molar-refractivity contribution in [2.24, 2.45) is 5.92 Å². The van der Waals surface area contributed by atoms with Gasteiger partial charge in [-0.1, -0.05) is 25.1 Å². The number of carbonyl (C=O) groups is 1. The molecule has 6 heteroatoms. The van der Waals surface area contributed by atoms with Crippen LogP contribution in [0.25, 0.3) is 0 Å². The van der Waals surface area contributed by atoms with E-state index in [0.29, 0.717) is 11.3 Å². The van der Waals surface area contributed by atoms with Crippen LogP contribution in [0, 0.1) is 11.7 Å². The second kappa shape index (κ2) is 7.64. The number of nitrogens with one attached hydrogen (secondary N) is 2. The molecule has 0 spiro atoms. The normalized spacial score (nSPS) is 28.3. The highest BCUT2D eigenvalue weighted by Gasteiger charge is 2.39. The minimum atomic E-state index is -0.187. The summed E-state index contributed by atoms with van der Waals surface area (Å²) in [6, 6.07) is 7.03. The van der Waals surface area contributed by atoms with Crippen LogP contribution in [-0.2, 0) is 10.5 Å². The molecule has 2 saturated heterocycles. The molecule has 1 aromatic carbocycles. The summed E-state index contributed by atoms with van der Waals surface area (Å²) in [5.41, 5.74) is 0.537. The van der Waals surface area contributed by atoms with Gasteiger partial charge < -0.3 is 10.2 Å². The second-order valence-corrected chi connectivity index (χ2v) is 7.35. The topological polar surface area (TPSA) is 44.4 Å². The summed E-state index contributed by atoms with van der Waals surface area (Å²) < 4.78 is 13.7. The van der Waals surface area contributed by atoms with E-state index in [2.05, 4.69) is 22.5 Å². The van der Waals surface area contributed by atoms with Crippen molar-refractivity contribution in [2.75, 3.05) is 19.6 Å². The first-order valence-electron chi connectivity index (χ1n) is 8.31. The van der Waals surface area contributed by atoms with Crippen LogP contribution in [0.5, 0.6) is 0 Å². The number of amides is 1. The fraction of sp³-hybridized carbons (Fsp3) is 0.588. The molecule has 2 fully saturated rings. The molecule has 2 heterocycles. The van der Waals surface area contributed by atoms with Gasteiger partial charge in [0.15, 0.2) is 0 Å². The number of benzene rings is 1.